The summed E-state index contributed by atoms with van der Waals surface area (Å²) in [7, 11) is 1.32. The van der Waals surface area contributed by atoms with Gasteiger partial charge in [-0.2, -0.15) is 0 Å². The Morgan fingerprint density at radius 3 is 2.85 bits per heavy atom. The summed E-state index contributed by atoms with van der Waals surface area (Å²) in [5, 5.41) is 5.39. The third-order valence-corrected chi connectivity index (χ3v) is 4.92. The van der Waals surface area contributed by atoms with Crippen LogP contribution in [0.5, 0.6) is 0 Å². The third-order valence-electron chi connectivity index (χ3n) is 4.09. The molecule has 9 heteroatoms. The molecule has 1 aromatic heterocycles. The molecule has 1 aliphatic heterocycles. The predicted molar refractivity (Wildman–Crippen MR) is 102 cm³/mol. The Balaban J connectivity index is 1.97. The Bertz CT molecular complexity index is 603. The minimum Gasteiger partial charge on any atom is -0.453 e. The van der Waals surface area contributed by atoms with Gasteiger partial charge in [-0.3, -0.25) is 0 Å². The number of piperidine rings is 1. The largest absolute Gasteiger partial charge is 0.453 e. The van der Waals surface area contributed by atoms with Crippen LogP contribution in [-0.2, 0) is 14.2 Å². The van der Waals surface area contributed by atoms with Gasteiger partial charge >= 0.3 is 12.2 Å². The van der Waals surface area contributed by atoms with Crippen LogP contribution in [-0.4, -0.2) is 61.0 Å². The molecule has 2 heterocycles. The maximum Gasteiger partial charge on any atom is 0.410 e. The lowest BCUT2D eigenvalue weighted by Crippen LogP contribution is -2.44. The molecular formula is C18H29N3O5S. The second kappa shape index (κ2) is 9.89. The second-order valence-corrected chi connectivity index (χ2v) is 8.33. The molecule has 1 saturated heterocycles. The Kier molecular flexibility index (Phi) is 7.85. The quantitative estimate of drug-likeness (QED) is 0.739. The summed E-state index contributed by atoms with van der Waals surface area (Å²) in [6, 6.07) is 0. The standard InChI is InChI=1S/C18H29N3O5S/c1-18(2,3)26-17(23)21-9-5-6-13(12-21)14(15-19-8-11-27-15)25-10-7-20-16(22)24-4/h8,11,13-14H,5-7,9-10,12H2,1-4H3,(H,20,22). The number of amides is 2. The number of nitrogens with zero attached hydrogens (tertiary/aromatic N) is 2. The highest BCUT2D eigenvalue weighted by molar-refractivity contribution is 7.09. The molecule has 0 aromatic carbocycles. The van der Waals surface area contributed by atoms with Gasteiger partial charge < -0.3 is 24.4 Å². The molecule has 152 valence electrons. The van der Waals surface area contributed by atoms with E-state index in [4.69, 9.17) is 9.47 Å². The van der Waals surface area contributed by atoms with E-state index in [2.05, 4.69) is 15.0 Å². The van der Waals surface area contributed by atoms with Crippen LogP contribution >= 0.6 is 11.3 Å². The topological polar surface area (TPSA) is 90.0 Å². The SMILES string of the molecule is COC(=O)NCCOC(c1nccs1)C1CCCN(C(=O)OC(C)(C)C)C1. The van der Waals surface area contributed by atoms with Gasteiger partial charge in [0.2, 0.25) is 0 Å². The Morgan fingerprint density at radius 2 is 2.22 bits per heavy atom. The molecule has 1 fully saturated rings. The minimum absolute atomic E-state index is 0.121. The van der Waals surface area contributed by atoms with E-state index >= 15 is 0 Å². The summed E-state index contributed by atoms with van der Waals surface area (Å²) >= 11 is 1.53. The molecule has 0 aliphatic carbocycles. The first-order valence-corrected chi connectivity index (χ1v) is 9.99. The van der Waals surface area contributed by atoms with Crippen molar-refractivity contribution in [2.24, 2.45) is 5.92 Å². The first-order valence-electron chi connectivity index (χ1n) is 9.11. The Labute approximate surface area is 164 Å². The Morgan fingerprint density at radius 1 is 1.44 bits per heavy atom. The number of methoxy groups -OCH3 is 1. The smallest absolute Gasteiger partial charge is 0.410 e. The molecule has 2 rings (SSSR count). The van der Waals surface area contributed by atoms with Crippen molar-refractivity contribution >= 4 is 23.5 Å². The molecule has 0 saturated carbocycles. The summed E-state index contributed by atoms with van der Waals surface area (Å²) in [4.78, 5) is 29.7. The van der Waals surface area contributed by atoms with Crippen molar-refractivity contribution in [3.8, 4) is 0 Å². The lowest BCUT2D eigenvalue weighted by Gasteiger charge is -2.36. The van der Waals surface area contributed by atoms with Gasteiger partial charge in [0.05, 0.1) is 13.7 Å². The van der Waals surface area contributed by atoms with Gasteiger partial charge in [0.25, 0.3) is 0 Å². The van der Waals surface area contributed by atoms with Crippen LogP contribution in [0.1, 0.15) is 44.7 Å². The van der Waals surface area contributed by atoms with Crippen molar-refractivity contribution in [1.82, 2.24) is 15.2 Å². The summed E-state index contributed by atoms with van der Waals surface area (Å²) in [5.41, 5.74) is -0.519. The van der Waals surface area contributed by atoms with Crippen molar-refractivity contribution in [2.45, 2.75) is 45.3 Å². The number of alkyl carbamates (subject to hydrolysis) is 1. The summed E-state index contributed by atoms with van der Waals surface area (Å²) in [6.45, 7) is 7.51. The fourth-order valence-electron chi connectivity index (χ4n) is 2.94. The predicted octanol–water partition coefficient (Wildman–Crippen LogP) is 3.20. The fraction of sp³-hybridized carbons (Fsp3) is 0.722. The van der Waals surface area contributed by atoms with Crippen LogP contribution < -0.4 is 5.32 Å². The van der Waals surface area contributed by atoms with E-state index in [1.54, 1.807) is 11.1 Å². The number of thiazole rings is 1. The number of hydrogen-bond acceptors (Lipinski definition) is 7. The van der Waals surface area contributed by atoms with Gasteiger partial charge in [-0.25, -0.2) is 14.6 Å². The van der Waals surface area contributed by atoms with Crippen molar-refractivity contribution in [2.75, 3.05) is 33.4 Å². The highest BCUT2D eigenvalue weighted by Crippen LogP contribution is 2.34. The average molecular weight is 400 g/mol. The van der Waals surface area contributed by atoms with Crippen LogP contribution in [0.4, 0.5) is 9.59 Å². The van der Waals surface area contributed by atoms with Crippen molar-refractivity contribution in [3.63, 3.8) is 0 Å². The average Bonchev–Trinajstić information content (AvgIpc) is 3.14. The monoisotopic (exact) mass is 399 g/mol. The van der Waals surface area contributed by atoms with Gasteiger partial charge in [-0.1, -0.05) is 0 Å². The zero-order chi connectivity index (χ0) is 19.9. The zero-order valence-electron chi connectivity index (χ0n) is 16.4. The number of nitrogens with one attached hydrogen (secondary N) is 1. The zero-order valence-corrected chi connectivity index (χ0v) is 17.2. The molecule has 0 spiro atoms. The minimum atomic E-state index is -0.519. The highest BCUT2D eigenvalue weighted by atomic mass is 32.1. The molecule has 8 nitrogen and oxygen atoms in total. The van der Waals surface area contributed by atoms with Crippen molar-refractivity contribution in [3.05, 3.63) is 16.6 Å². The molecule has 0 bridgehead atoms. The first-order chi connectivity index (χ1) is 12.8. The number of aromatic nitrogens is 1. The maximum atomic E-state index is 12.4. The fourth-order valence-corrected chi connectivity index (χ4v) is 3.72. The molecule has 2 amide bonds. The number of carbonyl (C=O) groups is 2. The number of likely N-dealkylation sites (tertiary alicyclic amines) is 1. The van der Waals surface area contributed by atoms with Crippen LogP contribution in [0.25, 0.3) is 0 Å². The van der Waals surface area contributed by atoms with Gasteiger partial charge in [-0.15, -0.1) is 11.3 Å². The van der Waals surface area contributed by atoms with Crippen LogP contribution in [0.15, 0.2) is 11.6 Å². The summed E-state index contributed by atoms with van der Waals surface area (Å²) < 4.78 is 16.1. The van der Waals surface area contributed by atoms with Crippen LogP contribution in [0.3, 0.4) is 0 Å². The lowest BCUT2D eigenvalue weighted by molar-refractivity contribution is -0.0246. The molecule has 1 N–H and O–H groups in total. The molecule has 2 atom stereocenters. The van der Waals surface area contributed by atoms with Gasteiger partial charge in [0, 0.05) is 37.1 Å². The van der Waals surface area contributed by atoms with E-state index in [9.17, 15) is 9.59 Å². The van der Waals surface area contributed by atoms with Crippen molar-refractivity contribution < 1.29 is 23.8 Å². The number of ether oxygens (including phenoxy) is 3. The van der Waals surface area contributed by atoms with Gasteiger partial charge in [-0.05, 0) is 33.6 Å². The molecule has 2 unspecified atom stereocenters. The van der Waals surface area contributed by atoms with Gasteiger partial charge in [0.1, 0.15) is 16.7 Å². The van der Waals surface area contributed by atoms with E-state index < -0.39 is 11.7 Å². The molecular weight excluding hydrogens is 370 g/mol. The molecule has 1 aromatic rings. The first kappa shape index (κ1) is 21.4. The van der Waals surface area contributed by atoms with Gasteiger partial charge in [0.15, 0.2) is 0 Å². The van der Waals surface area contributed by atoms with E-state index in [-0.39, 0.29) is 18.1 Å². The third kappa shape index (κ3) is 6.99. The summed E-state index contributed by atoms with van der Waals surface area (Å²) in [5.74, 6) is 0.121. The molecule has 27 heavy (non-hydrogen) atoms. The summed E-state index contributed by atoms with van der Waals surface area (Å²) in [6.07, 6.45) is 2.56. The highest BCUT2D eigenvalue weighted by Gasteiger charge is 2.34. The van der Waals surface area contributed by atoms with E-state index in [1.165, 1.54) is 18.4 Å². The Hall–Kier alpha value is -1.87. The number of rotatable bonds is 6. The van der Waals surface area contributed by atoms with E-state index in [0.717, 1.165) is 17.8 Å². The second-order valence-electron chi connectivity index (χ2n) is 7.41. The molecule has 1 aliphatic rings. The van der Waals surface area contributed by atoms with Crippen molar-refractivity contribution in [1.29, 1.82) is 0 Å². The normalized spacial score (nSPS) is 18.7. The van der Waals surface area contributed by atoms with Crippen LogP contribution in [0, 0.1) is 5.92 Å². The maximum absolute atomic E-state index is 12.4. The lowest BCUT2D eigenvalue weighted by atomic mass is 9.92. The number of hydrogen-bond donors (Lipinski definition) is 1. The van der Waals surface area contributed by atoms with E-state index in [1.807, 2.05) is 26.2 Å². The van der Waals surface area contributed by atoms with Crippen LogP contribution in [0.2, 0.25) is 0 Å². The number of carbonyl (C=O) groups excluding carboxylic acids is 2. The van der Waals surface area contributed by atoms with E-state index in [0.29, 0.717) is 26.2 Å². The molecule has 0 radical (unpaired) electrons.